The van der Waals surface area contributed by atoms with Crippen LogP contribution in [-0.2, 0) is 6.42 Å². The van der Waals surface area contributed by atoms with E-state index in [2.05, 4.69) is 23.1 Å². The molecular weight excluding hydrogens is 287 g/mol. The Morgan fingerprint density at radius 2 is 2.05 bits per heavy atom. The number of aryl methyl sites for hydroxylation is 1. The van der Waals surface area contributed by atoms with Crippen LogP contribution >= 0.6 is 11.6 Å². The average molecular weight is 305 g/mol. The van der Waals surface area contributed by atoms with Crippen molar-refractivity contribution >= 4 is 17.3 Å². The molecule has 3 rings (SSSR count). The number of rotatable bonds is 3. The smallest absolute Gasteiger partial charge is 0.124 e. The summed E-state index contributed by atoms with van der Waals surface area (Å²) in [6, 6.07) is 12.9. The average Bonchev–Trinajstić information content (AvgIpc) is 2.50. The maximum atomic E-state index is 13.3. The Labute approximate surface area is 129 Å². The summed E-state index contributed by atoms with van der Waals surface area (Å²) in [5.41, 5.74) is 9.43. The zero-order chi connectivity index (χ0) is 14.8. The number of nitrogens with zero attached hydrogens (tertiary/aromatic N) is 1. The first kappa shape index (κ1) is 14.4. The van der Waals surface area contributed by atoms with Crippen molar-refractivity contribution in [3.05, 3.63) is 64.4 Å². The van der Waals surface area contributed by atoms with E-state index in [0.717, 1.165) is 24.9 Å². The van der Waals surface area contributed by atoms with Crippen LogP contribution in [0.2, 0.25) is 5.02 Å². The number of halogens is 2. The minimum absolute atomic E-state index is 0.0282. The summed E-state index contributed by atoms with van der Waals surface area (Å²) < 4.78 is 13.3. The minimum Gasteiger partial charge on any atom is -0.363 e. The van der Waals surface area contributed by atoms with Crippen LogP contribution in [0.4, 0.5) is 10.1 Å². The molecule has 1 aliphatic rings. The highest BCUT2D eigenvalue weighted by Gasteiger charge is 2.25. The van der Waals surface area contributed by atoms with Crippen molar-refractivity contribution < 1.29 is 4.39 Å². The van der Waals surface area contributed by atoms with Gasteiger partial charge >= 0.3 is 0 Å². The third-order valence-electron chi connectivity index (χ3n) is 4.07. The molecule has 0 fully saturated rings. The number of nitrogens with two attached hydrogens (primary N) is 1. The van der Waals surface area contributed by atoms with Gasteiger partial charge in [-0.25, -0.2) is 4.39 Å². The van der Waals surface area contributed by atoms with Gasteiger partial charge in [0.25, 0.3) is 0 Å². The van der Waals surface area contributed by atoms with Gasteiger partial charge < -0.3 is 10.6 Å². The van der Waals surface area contributed by atoms with Gasteiger partial charge in [-0.2, -0.15) is 0 Å². The molecule has 0 bridgehead atoms. The summed E-state index contributed by atoms with van der Waals surface area (Å²) in [4.78, 5) is 2.29. The van der Waals surface area contributed by atoms with Gasteiger partial charge in [0.05, 0.1) is 6.04 Å². The first-order valence-corrected chi connectivity index (χ1v) is 7.58. The Morgan fingerprint density at radius 3 is 2.81 bits per heavy atom. The van der Waals surface area contributed by atoms with Crippen LogP contribution in [0, 0.1) is 5.82 Å². The van der Waals surface area contributed by atoms with E-state index < -0.39 is 0 Å². The highest BCUT2D eigenvalue weighted by atomic mass is 35.5. The summed E-state index contributed by atoms with van der Waals surface area (Å²) >= 11 is 6.23. The first-order valence-electron chi connectivity index (χ1n) is 7.20. The molecule has 2 N–H and O–H groups in total. The highest BCUT2D eigenvalue weighted by Crippen LogP contribution is 2.36. The first-order chi connectivity index (χ1) is 10.2. The van der Waals surface area contributed by atoms with Gasteiger partial charge in [-0.1, -0.05) is 35.9 Å². The second-order valence-electron chi connectivity index (χ2n) is 5.34. The lowest BCUT2D eigenvalue weighted by Gasteiger charge is -2.38. The van der Waals surface area contributed by atoms with Gasteiger partial charge in [-0.3, -0.25) is 0 Å². The molecule has 2 nitrogen and oxygen atoms in total. The van der Waals surface area contributed by atoms with Gasteiger partial charge in [0, 0.05) is 23.8 Å². The molecule has 0 spiro atoms. The molecule has 0 amide bonds. The van der Waals surface area contributed by atoms with Crippen LogP contribution in [0.3, 0.4) is 0 Å². The topological polar surface area (TPSA) is 29.3 Å². The van der Waals surface area contributed by atoms with E-state index >= 15 is 0 Å². The maximum Gasteiger partial charge on any atom is 0.124 e. The molecular formula is C17H18ClFN2. The van der Waals surface area contributed by atoms with Crippen molar-refractivity contribution in [2.45, 2.75) is 18.9 Å². The Bertz CT molecular complexity index is 644. The molecule has 2 aromatic carbocycles. The predicted molar refractivity (Wildman–Crippen MR) is 85.3 cm³/mol. The molecule has 0 radical (unpaired) electrons. The zero-order valence-electron chi connectivity index (χ0n) is 11.7. The number of para-hydroxylation sites is 1. The molecule has 0 saturated carbocycles. The summed E-state index contributed by atoms with van der Waals surface area (Å²) in [5.74, 6) is -0.321. The minimum atomic E-state index is -0.321. The SMILES string of the molecule is NCC(c1ccc(F)cc1Cl)N1CCCc2ccccc21. The lowest BCUT2D eigenvalue weighted by molar-refractivity contribution is 0.584. The molecule has 0 saturated heterocycles. The van der Waals surface area contributed by atoms with Crippen molar-refractivity contribution in [2.75, 3.05) is 18.0 Å². The fourth-order valence-corrected chi connectivity index (χ4v) is 3.37. The second-order valence-corrected chi connectivity index (χ2v) is 5.75. The molecule has 1 heterocycles. The highest BCUT2D eigenvalue weighted by molar-refractivity contribution is 6.31. The molecule has 2 aromatic rings. The fourth-order valence-electron chi connectivity index (χ4n) is 3.08. The third-order valence-corrected chi connectivity index (χ3v) is 4.39. The summed E-state index contributed by atoms with van der Waals surface area (Å²) in [6.45, 7) is 1.38. The van der Waals surface area contributed by atoms with Crippen molar-refractivity contribution in [1.29, 1.82) is 0 Å². The number of fused-ring (bicyclic) bond motifs is 1. The van der Waals surface area contributed by atoms with Crippen molar-refractivity contribution in [1.82, 2.24) is 0 Å². The van der Waals surface area contributed by atoms with Gasteiger partial charge in [0.2, 0.25) is 0 Å². The van der Waals surface area contributed by atoms with Gasteiger partial charge in [-0.05, 0) is 42.2 Å². The molecule has 0 aromatic heterocycles. The van der Waals surface area contributed by atoms with E-state index in [0.29, 0.717) is 11.6 Å². The molecule has 21 heavy (non-hydrogen) atoms. The number of anilines is 1. The normalized spacial score (nSPS) is 15.7. The van der Waals surface area contributed by atoms with E-state index in [1.54, 1.807) is 6.07 Å². The van der Waals surface area contributed by atoms with E-state index in [1.165, 1.54) is 23.4 Å². The lowest BCUT2D eigenvalue weighted by atomic mass is 9.97. The summed E-state index contributed by atoms with van der Waals surface area (Å²) in [7, 11) is 0. The summed E-state index contributed by atoms with van der Waals surface area (Å²) in [6.07, 6.45) is 2.17. The van der Waals surface area contributed by atoms with Gasteiger partial charge in [0.15, 0.2) is 0 Å². The van der Waals surface area contributed by atoms with Crippen LogP contribution < -0.4 is 10.6 Å². The van der Waals surface area contributed by atoms with Crippen LogP contribution in [-0.4, -0.2) is 13.1 Å². The van der Waals surface area contributed by atoms with Crippen molar-refractivity contribution in [3.8, 4) is 0 Å². The van der Waals surface area contributed by atoms with Gasteiger partial charge in [-0.15, -0.1) is 0 Å². The van der Waals surface area contributed by atoms with E-state index in [4.69, 9.17) is 17.3 Å². The van der Waals surface area contributed by atoms with Crippen molar-refractivity contribution in [3.63, 3.8) is 0 Å². The second kappa shape index (κ2) is 6.04. The number of benzene rings is 2. The molecule has 1 atom stereocenters. The molecule has 0 aliphatic carbocycles. The Hall–Kier alpha value is -1.58. The number of hydrogen-bond acceptors (Lipinski definition) is 2. The maximum absolute atomic E-state index is 13.3. The quantitative estimate of drug-likeness (QED) is 0.931. The van der Waals surface area contributed by atoms with E-state index in [9.17, 15) is 4.39 Å². The Kier molecular flexibility index (Phi) is 4.13. The molecule has 1 aliphatic heterocycles. The van der Waals surface area contributed by atoms with E-state index in [-0.39, 0.29) is 11.9 Å². The third kappa shape index (κ3) is 2.76. The van der Waals surface area contributed by atoms with Crippen LogP contribution in [0.15, 0.2) is 42.5 Å². The van der Waals surface area contributed by atoms with Crippen LogP contribution in [0.25, 0.3) is 0 Å². The zero-order valence-corrected chi connectivity index (χ0v) is 12.5. The summed E-state index contributed by atoms with van der Waals surface area (Å²) in [5, 5.41) is 0.438. The van der Waals surface area contributed by atoms with Gasteiger partial charge in [0.1, 0.15) is 5.82 Å². The monoisotopic (exact) mass is 304 g/mol. The van der Waals surface area contributed by atoms with Crippen molar-refractivity contribution in [2.24, 2.45) is 5.73 Å². The lowest BCUT2D eigenvalue weighted by Crippen LogP contribution is -2.37. The largest absolute Gasteiger partial charge is 0.363 e. The van der Waals surface area contributed by atoms with E-state index in [1.807, 2.05) is 6.07 Å². The fraction of sp³-hybridized carbons (Fsp3) is 0.294. The Balaban J connectivity index is 2.01. The molecule has 4 heteroatoms. The molecule has 110 valence electrons. The standard InChI is InChI=1S/C17H18ClFN2/c18-15-10-13(19)7-8-14(15)17(11-20)21-9-3-5-12-4-1-2-6-16(12)21/h1-2,4,6-8,10,17H,3,5,9,11,20H2. The predicted octanol–water partition coefficient (Wildman–Crippen LogP) is 3.93. The van der Waals surface area contributed by atoms with Crippen LogP contribution in [0.1, 0.15) is 23.6 Å². The van der Waals surface area contributed by atoms with Crippen LogP contribution in [0.5, 0.6) is 0 Å². The number of hydrogen-bond donors (Lipinski definition) is 1. The Morgan fingerprint density at radius 1 is 1.24 bits per heavy atom. The molecule has 1 unspecified atom stereocenters.